The van der Waals surface area contributed by atoms with Gasteiger partial charge in [-0.3, -0.25) is 9.69 Å². The summed E-state index contributed by atoms with van der Waals surface area (Å²) >= 11 is 0. The molecule has 1 amide bonds. The number of likely N-dealkylation sites (tertiary alicyclic amines) is 1. The highest BCUT2D eigenvalue weighted by Gasteiger charge is 2.33. The summed E-state index contributed by atoms with van der Waals surface area (Å²) in [6, 6.07) is 10.4. The number of unbranched alkanes of at least 4 members (excludes halogenated alkanes) is 1. The number of carbonyl (C=O) groups is 1. The Bertz CT molecular complexity index is 408. The van der Waals surface area contributed by atoms with Crippen LogP contribution in [0.2, 0.25) is 0 Å². The molecule has 4 heteroatoms. The first-order chi connectivity index (χ1) is 9.81. The van der Waals surface area contributed by atoms with E-state index < -0.39 is 0 Å². The Labute approximate surface area is 121 Å². The second kappa shape index (κ2) is 8.02. The van der Waals surface area contributed by atoms with Gasteiger partial charge in [0.25, 0.3) is 0 Å². The van der Waals surface area contributed by atoms with Crippen LogP contribution in [0.1, 0.15) is 24.8 Å². The number of nitrogens with one attached hydrogen (secondary N) is 1. The average molecular weight is 276 g/mol. The van der Waals surface area contributed by atoms with E-state index in [0.717, 1.165) is 45.5 Å². The molecule has 0 aromatic heterocycles. The minimum atomic E-state index is 0.0534. The second-order valence-electron chi connectivity index (χ2n) is 5.25. The quantitative estimate of drug-likeness (QED) is 0.736. The molecule has 1 heterocycles. The van der Waals surface area contributed by atoms with Gasteiger partial charge in [-0.2, -0.15) is 0 Å². The summed E-state index contributed by atoms with van der Waals surface area (Å²) in [5.41, 5.74) is 1.27. The molecule has 0 spiro atoms. The summed E-state index contributed by atoms with van der Waals surface area (Å²) in [4.78, 5) is 14.3. The maximum absolute atomic E-state index is 12.1. The zero-order valence-electron chi connectivity index (χ0n) is 12.2. The molecular formula is C16H24N2O2. The summed E-state index contributed by atoms with van der Waals surface area (Å²) in [5.74, 6) is 0.171. The van der Waals surface area contributed by atoms with Crippen LogP contribution in [0.15, 0.2) is 30.3 Å². The standard InChI is InChI=1S/C16H24N2O2/c1-20-12-6-5-10-17-16(19)15-9-11-18(15)13-14-7-3-2-4-8-14/h2-4,7-8,15H,5-6,9-13H2,1H3,(H,17,19)/t15-/m0/s1. The summed E-state index contributed by atoms with van der Waals surface area (Å²) in [6.07, 6.45) is 2.94. The van der Waals surface area contributed by atoms with Crippen molar-refractivity contribution in [1.82, 2.24) is 10.2 Å². The Morgan fingerprint density at radius 2 is 2.15 bits per heavy atom. The van der Waals surface area contributed by atoms with Crippen molar-refractivity contribution in [3.63, 3.8) is 0 Å². The summed E-state index contributed by atoms with van der Waals surface area (Å²) in [7, 11) is 1.70. The van der Waals surface area contributed by atoms with Crippen LogP contribution >= 0.6 is 0 Å². The molecule has 4 nitrogen and oxygen atoms in total. The summed E-state index contributed by atoms with van der Waals surface area (Å²) < 4.78 is 4.99. The van der Waals surface area contributed by atoms with Crippen LogP contribution in [0.25, 0.3) is 0 Å². The second-order valence-corrected chi connectivity index (χ2v) is 5.25. The molecule has 1 aliphatic heterocycles. The van der Waals surface area contributed by atoms with Crippen molar-refractivity contribution < 1.29 is 9.53 Å². The van der Waals surface area contributed by atoms with Crippen molar-refractivity contribution in [2.45, 2.75) is 31.8 Å². The van der Waals surface area contributed by atoms with E-state index in [1.807, 2.05) is 18.2 Å². The van der Waals surface area contributed by atoms with E-state index in [4.69, 9.17) is 4.74 Å². The topological polar surface area (TPSA) is 41.6 Å². The fourth-order valence-electron chi connectivity index (χ4n) is 2.45. The number of methoxy groups -OCH3 is 1. The molecule has 0 radical (unpaired) electrons. The van der Waals surface area contributed by atoms with E-state index in [0.29, 0.717) is 0 Å². The predicted octanol–water partition coefficient (Wildman–Crippen LogP) is 1.80. The van der Waals surface area contributed by atoms with Gasteiger partial charge in [0, 0.05) is 33.4 Å². The number of amides is 1. The molecule has 0 aliphatic carbocycles. The van der Waals surface area contributed by atoms with Crippen molar-refractivity contribution in [3.05, 3.63) is 35.9 Å². The first kappa shape index (κ1) is 15.0. The third-order valence-corrected chi connectivity index (χ3v) is 3.74. The van der Waals surface area contributed by atoms with Gasteiger partial charge in [0.1, 0.15) is 0 Å². The molecule has 1 saturated heterocycles. The molecule has 0 bridgehead atoms. The van der Waals surface area contributed by atoms with Gasteiger partial charge in [0.2, 0.25) is 5.91 Å². The predicted molar refractivity (Wildman–Crippen MR) is 79.4 cm³/mol. The minimum absolute atomic E-state index is 0.0534. The first-order valence-electron chi connectivity index (χ1n) is 7.36. The van der Waals surface area contributed by atoms with E-state index in [2.05, 4.69) is 22.3 Å². The number of hydrogen-bond acceptors (Lipinski definition) is 3. The number of hydrogen-bond donors (Lipinski definition) is 1. The molecule has 1 N–H and O–H groups in total. The van der Waals surface area contributed by atoms with Gasteiger partial charge in [0.15, 0.2) is 0 Å². The maximum atomic E-state index is 12.1. The lowest BCUT2D eigenvalue weighted by molar-refractivity contribution is -0.131. The minimum Gasteiger partial charge on any atom is -0.385 e. The fraction of sp³-hybridized carbons (Fsp3) is 0.562. The highest BCUT2D eigenvalue weighted by atomic mass is 16.5. The van der Waals surface area contributed by atoms with Crippen molar-refractivity contribution in [2.75, 3.05) is 26.8 Å². The number of benzene rings is 1. The molecule has 1 atom stereocenters. The molecular weight excluding hydrogens is 252 g/mol. The van der Waals surface area contributed by atoms with Crippen molar-refractivity contribution in [3.8, 4) is 0 Å². The molecule has 2 rings (SSSR count). The Kier molecular flexibility index (Phi) is 6.02. The third-order valence-electron chi connectivity index (χ3n) is 3.74. The van der Waals surface area contributed by atoms with E-state index in [-0.39, 0.29) is 11.9 Å². The largest absolute Gasteiger partial charge is 0.385 e. The van der Waals surface area contributed by atoms with Crippen LogP contribution in [-0.2, 0) is 16.1 Å². The number of rotatable bonds is 8. The van der Waals surface area contributed by atoms with Crippen LogP contribution in [0.5, 0.6) is 0 Å². The Morgan fingerprint density at radius 3 is 2.80 bits per heavy atom. The van der Waals surface area contributed by atoms with Gasteiger partial charge >= 0.3 is 0 Å². The smallest absolute Gasteiger partial charge is 0.237 e. The normalized spacial score (nSPS) is 18.6. The lowest BCUT2D eigenvalue weighted by Gasteiger charge is -2.39. The van der Waals surface area contributed by atoms with E-state index >= 15 is 0 Å². The zero-order valence-corrected chi connectivity index (χ0v) is 12.2. The molecule has 1 aromatic rings. The van der Waals surface area contributed by atoms with Gasteiger partial charge in [-0.15, -0.1) is 0 Å². The van der Waals surface area contributed by atoms with Crippen LogP contribution in [0, 0.1) is 0 Å². The van der Waals surface area contributed by atoms with Crippen LogP contribution in [0.4, 0.5) is 0 Å². The Hall–Kier alpha value is -1.39. The molecule has 1 aromatic carbocycles. The van der Waals surface area contributed by atoms with Gasteiger partial charge in [-0.1, -0.05) is 30.3 Å². The summed E-state index contributed by atoms with van der Waals surface area (Å²) in [5, 5.41) is 3.02. The summed E-state index contributed by atoms with van der Waals surface area (Å²) in [6.45, 7) is 3.39. The number of nitrogens with zero attached hydrogens (tertiary/aromatic N) is 1. The zero-order chi connectivity index (χ0) is 14.2. The van der Waals surface area contributed by atoms with E-state index in [1.54, 1.807) is 7.11 Å². The highest BCUT2D eigenvalue weighted by Crippen LogP contribution is 2.20. The van der Waals surface area contributed by atoms with Crippen molar-refractivity contribution >= 4 is 5.91 Å². The van der Waals surface area contributed by atoms with E-state index in [1.165, 1.54) is 5.56 Å². The number of carbonyl (C=O) groups excluding carboxylic acids is 1. The highest BCUT2D eigenvalue weighted by molar-refractivity contribution is 5.82. The first-order valence-corrected chi connectivity index (χ1v) is 7.36. The lowest BCUT2D eigenvalue weighted by atomic mass is 10.0. The molecule has 0 unspecified atom stereocenters. The molecule has 1 fully saturated rings. The monoisotopic (exact) mass is 276 g/mol. The molecule has 110 valence electrons. The maximum Gasteiger partial charge on any atom is 0.237 e. The van der Waals surface area contributed by atoms with Crippen molar-refractivity contribution in [1.29, 1.82) is 0 Å². The average Bonchev–Trinajstić information content (AvgIpc) is 2.44. The fourth-order valence-corrected chi connectivity index (χ4v) is 2.45. The number of ether oxygens (including phenoxy) is 1. The molecule has 1 aliphatic rings. The SMILES string of the molecule is COCCCCNC(=O)[C@@H]1CCN1Cc1ccccc1. The Morgan fingerprint density at radius 1 is 1.35 bits per heavy atom. The third kappa shape index (κ3) is 4.32. The van der Waals surface area contributed by atoms with Gasteiger partial charge in [-0.25, -0.2) is 0 Å². The van der Waals surface area contributed by atoms with Gasteiger partial charge in [0.05, 0.1) is 6.04 Å². The molecule has 20 heavy (non-hydrogen) atoms. The van der Waals surface area contributed by atoms with E-state index in [9.17, 15) is 4.79 Å². The Balaban J connectivity index is 1.69. The van der Waals surface area contributed by atoms with Gasteiger partial charge in [-0.05, 0) is 24.8 Å². The van der Waals surface area contributed by atoms with Gasteiger partial charge < -0.3 is 10.1 Å². The van der Waals surface area contributed by atoms with Crippen LogP contribution < -0.4 is 5.32 Å². The van der Waals surface area contributed by atoms with Crippen molar-refractivity contribution in [2.24, 2.45) is 0 Å². The molecule has 0 saturated carbocycles. The lowest BCUT2D eigenvalue weighted by Crippen LogP contribution is -2.55. The van der Waals surface area contributed by atoms with Crippen LogP contribution in [0.3, 0.4) is 0 Å². The van der Waals surface area contributed by atoms with Crippen LogP contribution in [-0.4, -0.2) is 43.7 Å².